The third kappa shape index (κ3) is 3.24. The standard InChI is InChI=1S/C33H19F2N/c34-22-13-9-20(10-14-22)28-18-32-30(26-7-3-1-5-24(26)28)17-31-27-8-4-2-6-25(27)29(19-33(31)36-32)21-11-15-23(35)16-12-21/h1-19H. The zero-order valence-corrected chi connectivity index (χ0v) is 19.2. The molecule has 0 amide bonds. The van der Waals surface area contributed by atoms with Crippen molar-refractivity contribution in [3.05, 3.63) is 127 Å². The quantitative estimate of drug-likeness (QED) is 0.182. The van der Waals surface area contributed by atoms with Crippen LogP contribution in [0.4, 0.5) is 8.78 Å². The summed E-state index contributed by atoms with van der Waals surface area (Å²) < 4.78 is 27.3. The molecule has 0 atom stereocenters. The Bertz CT molecular complexity index is 1800. The van der Waals surface area contributed by atoms with E-state index >= 15 is 0 Å². The summed E-state index contributed by atoms with van der Waals surface area (Å²) in [7, 11) is 0. The van der Waals surface area contributed by atoms with E-state index in [1.807, 2.05) is 48.5 Å². The molecule has 0 N–H and O–H groups in total. The summed E-state index contributed by atoms with van der Waals surface area (Å²) in [5.41, 5.74) is 5.68. The van der Waals surface area contributed by atoms with Crippen LogP contribution in [0.15, 0.2) is 115 Å². The van der Waals surface area contributed by atoms with Gasteiger partial charge >= 0.3 is 0 Å². The molecule has 3 heteroatoms. The first-order chi connectivity index (χ1) is 17.7. The van der Waals surface area contributed by atoms with Crippen molar-refractivity contribution in [1.82, 2.24) is 4.98 Å². The highest BCUT2D eigenvalue weighted by atomic mass is 19.1. The number of benzene rings is 6. The van der Waals surface area contributed by atoms with Crippen molar-refractivity contribution in [1.29, 1.82) is 0 Å². The second-order valence-corrected chi connectivity index (χ2v) is 9.07. The molecule has 0 aliphatic carbocycles. The minimum Gasteiger partial charge on any atom is -0.248 e. The molecule has 0 aliphatic rings. The topological polar surface area (TPSA) is 12.9 Å². The summed E-state index contributed by atoms with van der Waals surface area (Å²) in [5.74, 6) is -0.513. The van der Waals surface area contributed by atoms with Crippen molar-refractivity contribution < 1.29 is 8.78 Å². The largest absolute Gasteiger partial charge is 0.248 e. The Kier molecular flexibility index (Phi) is 4.58. The lowest BCUT2D eigenvalue weighted by Gasteiger charge is -2.14. The van der Waals surface area contributed by atoms with Gasteiger partial charge in [0, 0.05) is 10.8 Å². The monoisotopic (exact) mass is 467 g/mol. The maximum absolute atomic E-state index is 13.6. The molecular formula is C33H19F2N. The lowest BCUT2D eigenvalue weighted by atomic mass is 9.92. The van der Waals surface area contributed by atoms with Crippen molar-refractivity contribution in [2.45, 2.75) is 0 Å². The number of nitrogens with zero attached hydrogens (tertiary/aromatic N) is 1. The molecule has 36 heavy (non-hydrogen) atoms. The molecule has 0 bridgehead atoms. The SMILES string of the molecule is Fc1ccc(-c2cc3nc4cc(-c5ccc(F)cc5)c5ccccc5c4cc3c3ccccc23)cc1. The van der Waals surface area contributed by atoms with Gasteiger partial charge in [0.2, 0.25) is 0 Å². The normalized spacial score (nSPS) is 11.6. The molecule has 0 fully saturated rings. The van der Waals surface area contributed by atoms with Gasteiger partial charge in [-0.25, -0.2) is 13.8 Å². The minimum atomic E-state index is -0.256. The van der Waals surface area contributed by atoms with Crippen molar-refractivity contribution in [2.24, 2.45) is 0 Å². The van der Waals surface area contributed by atoms with Gasteiger partial charge in [0.25, 0.3) is 0 Å². The van der Waals surface area contributed by atoms with Gasteiger partial charge in [-0.15, -0.1) is 0 Å². The molecule has 7 rings (SSSR count). The zero-order chi connectivity index (χ0) is 24.2. The second-order valence-electron chi connectivity index (χ2n) is 9.07. The third-order valence-electron chi connectivity index (χ3n) is 6.97. The van der Waals surface area contributed by atoms with E-state index in [4.69, 9.17) is 4.98 Å². The molecule has 0 unspecified atom stereocenters. The molecule has 7 aromatic rings. The summed E-state index contributed by atoms with van der Waals surface area (Å²) in [5, 5.41) is 6.56. The molecule has 0 spiro atoms. The van der Waals surface area contributed by atoms with Crippen LogP contribution in [0.1, 0.15) is 0 Å². The van der Waals surface area contributed by atoms with Gasteiger partial charge in [-0.2, -0.15) is 0 Å². The van der Waals surface area contributed by atoms with E-state index in [0.29, 0.717) is 0 Å². The highest BCUT2D eigenvalue weighted by Gasteiger charge is 2.14. The first-order valence-corrected chi connectivity index (χ1v) is 11.9. The van der Waals surface area contributed by atoms with Gasteiger partial charge in [0.15, 0.2) is 0 Å². The smallest absolute Gasteiger partial charge is 0.123 e. The maximum atomic E-state index is 13.6. The van der Waals surface area contributed by atoms with Gasteiger partial charge in [-0.3, -0.25) is 0 Å². The number of rotatable bonds is 2. The Balaban J connectivity index is 1.59. The van der Waals surface area contributed by atoms with Crippen LogP contribution in [0, 0.1) is 11.6 Å². The predicted octanol–water partition coefficient (Wildman–Crippen LogP) is 9.31. The van der Waals surface area contributed by atoms with Crippen LogP contribution in [0.2, 0.25) is 0 Å². The van der Waals surface area contributed by atoms with E-state index in [-0.39, 0.29) is 11.6 Å². The summed E-state index contributed by atoms with van der Waals surface area (Å²) in [6, 6.07) is 36.2. The third-order valence-corrected chi connectivity index (χ3v) is 6.97. The Morgan fingerprint density at radius 3 is 1.19 bits per heavy atom. The fourth-order valence-electron chi connectivity index (χ4n) is 5.27. The predicted molar refractivity (Wildman–Crippen MR) is 145 cm³/mol. The van der Waals surface area contributed by atoms with E-state index < -0.39 is 0 Å². The van der Waals surface area contributed by atoms with Crippen LogP contribution in [-0.2, 0) is 0 Å². The maximum Gasteiger partial charge on any atom is 0.123 e. The van der Waals surface area contributed by atoms with E-state index in [1.165, 1.54) is 24.3 Å². The number of hydrogen-bond acceptors (Lipinski definition) is 1. The fraction of sp³-hybridized carbons (Fsp3) is 0. The minimum absolute atomic E-state index is 0.256. The molecule has 170 valence electrons. The molecule has 0 saturated carbocycles. The lowest BCUT2D eigenvalue weighted by Crippen LogP contribution is -1.91. The van der Waals surface area contributed by atoms with Crippen molar-refractivity contribution in [2.75, 3.05) is 0 Å². The lowest BCUT2D eigenvalue weighted by molar-refractivity contribution is 0.627. The average molecular weight is 468 g/mol. The van der Waals surface area contributed by atoms with E-state index in [0.717, 1.165) is 65.6 Å². The molecule has 1 heterocycles. The first-order valence-electron chi connectivity index (χ1n) is 11.9. The molecule has 1 nitrogen and oxygen atoms in total. The summed E-state index contributed by atoms with van der Waals surface area (Å²) in [4.78, 5) is 5.14. The zero-order valence-electron chi connectivity index (χ0n) is 19.2. The fourth-order valence-corrected chi connectivity index (χ4v) is 5.27. The van der Waals surface area contributed by atoms with Crippen LogP contribution in [0.5, 0.6) is 0 Å². The van der Waals surface area contributed by atoms with Crippen LogP contribution in [0.25, 0.3) is 65.6 Å². The van der Waals surface area contributed by atoms with Gasteiger partial charge in [0.05, 0.1) is 11.0 Å². The van der Waals surface area contributed by atoms with Crippen LogP contribution < -0.4 is 0 Å². The molecule has 0 aliphatic heterocycles. The van der Waals surface area contributed by atoms with Crippen LogP contribution in [0.3, 0.4) is 0 Å². The molecule has 6 aromatic carbocycles. The van der Waals surface area contributed by atoms with Crippen molar-refractivity contribution >= 4 is 43.4 Å². The second kappa shape index (κ2) is 7.96. The van der Waals surface area contributed by atoms with Gasteiger partial charge in [-0.1, -0.05) is 72.8 Å². The number of pyridine rings is 1. The number of halogens is 2. The van der Waals surface area contributed by atoms with Gasteiger partial charge in [-0.05, 0) is 86.3 Å². The van der Waals surface area contributed by atoms with E-state index in [2.05, 4.69) is 42.5 Å². The Morgan fingerprint density at radius 2 is 0.778 bits per heavy atom. The molecule has 0 radical (unpaired) electrons. The highest BCUT2D eigenvalue weighted by molar-refractivity contribution is 6.20. The molecule has 1 aromatic heterocycles. The van der Waals surface area contributed by atoms with Crippen LogP contribution >= 0.6 is 0 Å². The number of hydrogen-bond donors (Lipinski definition) is 0. The van der Waals surface area contributed by atoms with Crippen molar-refractivity contribution in [3.63, 3.8) is 0 Å². The van der Waals surface area contributed by atoms with E-state index in [1.54, 1.807) is 0 Å². The Labute approximate surface area is 206 Å². The van der Waals surface area contributed by atoms with E-state index in [9.17, 15) is 8.78 Å². The number of fused-ring (bicyclic) bond motifs is 6. The van der Waals surface area contributed by atoms with Gasteiger partial charge in [0.1, 0.15) is 11.6 Å². The molecular weight excluding hydrogens is 448 g/mol. The highest BCUT2D eigenvalue weighted by Crippen LogP contribution is 2.39. The van der Waals surface area contributed by atoms with Crippen LogP contribution in [-0.4, -0.2) is 4.98 Å². The summed E-state index contributed by atoms with van der Waals surface area (Å²) >= 11 is 0. The first kappa shape index (κ1) is 20.7. The van der Waals surface area contributed by atoms with Gasteiger partial charge < -0.3 is 0 Å². The Hall–Kier alpha value is -4.63. The number of aromatic nitrogens is 1. The summed E-state index contributed by atoms with van der Waals surface area (Å²) in [6.45, 7) is 0. The summed E-state index contributed by atoms with van der Waals surface area (Å²) in [6.07, 6.45) is 0. The van der Waals surface area contributed by atoms with Crippen molar-refractivity contribution in [3.8, 4) is 22.3 Å². The molecule has 0 saturated heterocycles. The average Bonchev–Trinajstić information content (AvgIpc) is 2.92. The Morgan fingerprint density at radius 1 is 0.389 bits per heavy atom.